The van der Waals surface area contributed by atoms with Crippen LogP contribution in [0.3, 0.4) is 0 Å². The van der Waals surface area contributed by atoms with Gasteiger partial charge in [0, 0.05) is 12.4 Å². The van der Waals surface area contributed by atoms with Gasteiger partial charge in [-0.25, -0.2) is 4.98 Å². The van der Waals surface area contributed by atoms with Crippen molar-refractivity contribution in [1.82, 2.24) is 14.1 Å². The van der Waals surface area contributed by atoms with Crippen LogP contribution in [0.1, 0.15) is 5.56 Å². The third-order valence-electron chi connectivity index (χ3n) is 5.13. The lowest BCUT2D eigenvalue weighted by Crippen LogP contribution is -2.29. The highest BCUT2D eigenvalue weighted by Crippen LogP contribution is 2.25. The molecule has 0 amide bonds. The molecule has 0 aliphatic heterocycles. The molecule has 5 nitrogen and oxygen atoms in total. The van der Waals surface area contributed by atoms with Crippen LogP contribution < -0.4 is 11.0 Å². The van der Waals surface area contributed by atoms with E-state index in [2.05, 4.69) is 0 Å². The molecule has 5 aromatic rings. The average molecular weight is 399 g/mol. The van der Waals surface area contributed by atoms with Crippen molar-refractivity contribution < 1.29 is 0 Å². The van der Waals surface area contributed by atoms with Gasteiger partial charge >= 0.3 is 0 Å². The van der Waals surface area contributed by atoms with Crippen molar-refractivity contribution in [3.05, 3.63) is 98.3 Å². The summed E-state index contributed by atoms with van der Waals surface area (Å²) in [4.78, 5) is 32.5. The van der Waals surface area contributed by atoms with Gasteiger partial charge in [0.05, 0.1) is 16.9 Å². The molecule has 0 bridgehead atoms. The first kappa shape index (κ1) is 17.6. The van der Waals surface area contributed by atoms with Crippen LogP contribution in [0.5, 0.6) is 0 Å². The Balaban J connectivity index is 1.92. The number of aryl methyl sites for hydroxylation is 1. The Morgan fingerprint density at radius 1 is 0.931 bits per heavy atom. The Labute approximate surface area is 170 Å². The second-order valence-electron chi connectivity index (χ2n) is 6.89. The zero-order chi connectivity index (χ0) is 20.0. The Morgan fingerprint density at radius 2 is 1.69 bits per heavy atom. The van der Waals surface area contributed by atoms with Crippen LogP contribution in [-0.4, -0.2) is 14.1 Å². The van der Waals surface area contributed by atoms with Crippen LogP contribution in [0, 0.1) is 0 Å². The van der Waals surface area contributed by atoms with Gasteiger partial charge in [-0.1, -0.05) is 48.5 Å². The third-order valence-corrected chi connectivity index (χ3v) is 6.00. The fraction of sp³-hybridized carbons (Fsp3) is 0.0870. The minimum Gasteiger partial charge on any atom is -0.328 e. The second kappa shape index (κ2) is 6.83. The SMILES string of the molecule is Cn1c2ccccc2c(=O)c2c(=O)n(Cc3ccccc3)c(-c3cccs3)nc21. The second-order valence-corrected chi connectivity index (χ2v) is 7.84. The number of rotatable bonds is 3. The lowest BCUT2D eigenvalue weighted by Gasteiger charge is -2.15. The molecule has 6 heteroatoms. The molecule has 0 unspecified atom stereocenters. The topological polar surface area (TPSA) is 56.9 Å². The molecular formula is C23H17N3O2S. The van der Waals surface area contributed by atoms with Crippen molar-refractivity contribution in [3.8, 4) is 10.7 Å². The molecule has 0 saturated heterocycles. The van der Waals surface area contributed by atoms with Crippen LogP contribution in [0.2, 0.25) is 0 Å². The Hall–Kier alpha value is -3.51. The van der Waals surface area contributed by atoms with E-state index in [9.17, 15) is 9.59 Å². The molecule has 0 radical (unpaired) electrons. The number of thiophene rings is 1. The van der Waals surface area contributed by atoms with E-state index in [0.29, 0.717) is 23.4 Å². The first-order chi connectivity index (χ1) is 14.1. The molecule has 0 fully saturated rings. The highest BCUT2D eigenvalue weighted by molar-refractivity contribution is 7.13. The largest absolute Gasteiger partial charge is 0.328 e. The summed E-state index contributed by atoms with van der Waals surface area (Å²) in [5, 5.41) is 2.61. The van der Waals surface area contributed by atoms with E-state index in [4.69, 9.17) is 4.98 Å². The monoisotopic (exact) mass is 399 g/mol. The standard InChI is InChI=1S/C23H17N3O2S/c1-25-17-11-6-5-10-16(17)20(27)19-22(25)24-21(18-12-7-13-29-18)26(23(19)28)14-15-8-3-2-4-9-15/h2-13H,14H2,1H3. The lowest BCUT2D eigenvalue weighted by molar-refractivity contribution is 0.755. The van der Waals surface area contributed by atoms with Crippen LogP contribution in [0.4, 0.5) is 0 Å². The van der Waals surface area contributed by atoms with Gasteiger partial charge in [-0.15, -0.1) is 11.3 Å². The van der Waals surface area contributed by atoms with E-state index in [-0.39, 0.29) is 16.4 Å². The van der Waals surface area contributed by atoms with E-state index in [1.807, 2.05) is 77.7 Å². The Kier molecular flexibility index (Phi) is 4.14. The summed E-state index contributed by atoms with van der Waals surface area (Å²) in [6.07, 6.45) is 0. The fourth-order valence-electron chi connectivity index (χ4n) is 3.70. The number of nitrogens with zero attached hydrogens (tertiary/aromatic N) is 3. The Bertz CT molecular complexity index is 1470. The van der Waals surface area contributed by atoms with Gasteiger partial charge in [-0.3, -0.25) is 14.2 Å². The van der Waals surface area contributed by atoms with Gasteiger partial charge in [-0.05, 0) is 29.1 Å². The molecule has 2 aromatic carbocycles. The molecule has 0 N–H and O–H groups in total. The predicted octanol–water partition coefficient (Wildman–Crippen LogP) is 4.03. The number of fused-ring (bicyclic) bond motifs is 2. The zero-order valence-corrected chi connectivity index (χ0v) is 16.5. The highest BCUT2D eigenvalue weighted by Gasteiger charge is 2.19. The molecule has 0 spiro atoms. The van der Waals surface area contributed by atoms with Gasteiger partial charge < -0.3 is 4.57 Å². The lowest BCUT2D eigenvalue weighted by atomic mass is 10.1. The summed E-state index contributed by atoms with van der Waals surface area (Å²) >= 11 is 1.52. The third kappa shape index (κ3) is 2.80. The smallest absolute Gasteiger partial charge is 0.267 e. The Morgan fingerprint density at radius 3 is 2.45 bits per heavy atom. The maximum Gasteiger partial charge on any atom is 0.267 e. The van der Waals surface area contributed by atoms with Gasteiger partial charge in [-0.2, -0.15) is 0 Å². The van der Waals surface area contributed by atoms with Crippen molar-refractivity contribution >= 4 is 33.3 Å². The quantitative estimate of drug-likeness (QED) is 0.431. The van der Waals surface area contributed by atoms with E-state index >= 15 is 0 Å². The predicted molar refractivity (Wildman–Crippen MR) is 118 cm³/mol. The summed E-state index contributed by atoms with van der Waals surface area (Å²) in [5.74, 6) is 0.576. The van der Waals surface area contributed by atoms with Crippen LogP contribution in [0.15, 0.2) is 81.7 Å². The maximum atomic E-state index is 13.6. The van der Waals surface area contributed by atoms with E-state index in [1.54, 1.807) is 10.6 Å². The van der Waals surface area contributed by atoms with Crippen molar-refractivity contribution in [3.63, 3.8) is 0 Å². The number of hydrogen-bond acceptors (Lipinski definition) is 4. The summed E-state index contributed by atoms with van der Waals surface area (Å²) in [5.41, 5.74) is 1.56. The first-order valence-electron chi connectivity index (χ1n) is 9.25. The molecule has 0 atom stereocenters. The van der Waals surface area contributed by atoms with Crippen molar-refractivity contribution in [2.75, 3.05) is 0 Å². The van der Waals surface area contributed by atoms with Crippen molar-refractivity contribution in [1.29, 1.82) is 0 Å². The highest BCUT2D eigenvalue weighted by atomic mass is 32.1. The van der Waals surface area contributed by atoms with E-state index in [1.165, 1.54) is 11.3 Å². The molecule has 0 saturated carbocycles. The van der Waals surface area contributed by atoms with Gasteiger partial charge in [0.15, 0.2) is 11.5 Å². The molecular weight excluding hydrogens is 382 g/mol. The van der Waals surface area contributed by atoms with E-state index < -0.39 is 0 Å². The molecule has 5 rings (SSSR count). The maximum absolute atomic E-state index is 13.6. The van der Waals surface area contributed by atoms with Crippen LogP contribution in [0.25, 0.3) is 32.6 Å². The number of pyridine rings is 1. The molecule has 3 aromatic heterocycles. The average Bonchev–Trinajstić information content (AvgIpc) is 3.29. The van der Waals surface area contributed by atoms with E-state index in [0.717, 1.165) is 16.0 Å². The first-order valence-corrected chi connectivity index (χ1v) is 10.1. The molecule has 29 heavy (non-hydrogen) atoms. The number of benzene rings is 2. The molecule has 0 aliphatic rings. The number of aromatic nitrogens is 3. The summed E-state index contributed by atoms with van der Waals surface area (Å²) in [7, 11) is 1.84. The molecule has 3 heterocycles. The normalized spacial score (nSPS) is 11.3. The van der Waals surface area contributed by atoms with Crippen molar-refractivity contribution in [2.45, 2.75) is 6.54 Å². The summed E-state index contributed by atoms with van der Waals surface area (Å²) in [6, 6.07) is 20.9. The number of hydrogen-bond donors (Lipinski definition) is 0. The molecule has 142 valence electrons. The zero-order valence-electron chi connectivity index (χ0n) is 15.7. The minimum absolute atomic E-state index is 0.127. The van der Waals surface area contributed by atoms with Gasteiger partial charge in [0.1, 0.15) is 5.39 Å². The van der Waals surface area contributed by atoms with Crippen LogP contribution >= 0.6 is 11.3 Å². The van der Waals surface area contributed by atoms with Crippen molar-refractivity contribution in [2.24, 2.45) is 7.05 Å². The van der Waals surface area contributed by atoms with Gasteiger partial charge in [0.2, 0.25) is 5.43 Å². The summed E-state index contributed by atoms with van der Waals surface area (Å²) < 4.78 is 3.44. The van der Waals surface area contributed by atoms with Gasteiger partial charge in [0.25, 0.3) is 5.56 Å². The fourth-order valence-corrected chi connectivity index (χ4v) is 4.42. The minimum atomic E-state index is -0.311. The summed E-state index contributed by atoms with van der Waals surface area (Å²) in [6.45, 7) is 0.353. The number of para-hydroxylation sites is 1. The van der Waals surface area contributed by atoms with Crippen LogP contribution in [-0.2, 0) is 13.6 Å². The molecule has 0 aliphatic carbocycles.